The summed E-state index contributed by atoms with van der Waals surface area (Å²) < 4.78 is 5.54. The van der Waals surface area contributed by atoms with Gasteiger partial charge in [0.1, 0.15) is 0 Å². The van der Waals surface area contributed by atoms with Gasteiger partial charge in [0, 0.05) is 13.2 Å². The Balaban J connectivity index is 1.57. The minimum absolute atomic E-state index is 0.779. The third-order valence-electron chi connectivity index (χ3n) is 4.20. The average Bonchev–Trinajstić information content (AvgIpc) is 2.39. The Kier molecular flexibility index (Phi) is 5.75. The Morgan fingerprint density at radius 3 is 2.71 bits per heavy atom. The van der Waals surface area contributed by atoms with Gasteiger partial charge in [-0.15, -0.1) is 0 Å². The molecule has 1 unspecified atom stereocenters. The number of nitrogens with zero attached hydrogens (tertiary/aromatic N) is 1. The molecule has 0 aromatic carbocycles. The molecule has 0 amide bonds. The second-order valence-electron chi connectivity index (χ2n) is 5.83. The minimum Gasteiger partial charge on any atom is -0.381 e. The van der Waals surface area contributed by atoms with Crippen LogP contribution in [0.1, 0.15) is 32.1 Å². The molecule has 17 heavy (non-hydrogen) atoms. The van der Waals surface area contributed by atoms with Crippen molar-refractivity contribution in [2.75, 3.05) is 46.4 Å². The number of hydrogen-bond donors (Lipinski definition) is 1. The molecule has 2 heterocycles. The van der Waals surface area contributed by atoms with Gasteiger partial charge in [0.2, 0.25) is 0 Å². The first-order valence-corrected chi connectivity index (χ1v) is 7.31. The number of ether oxygens (including phenoxy) is 1. The highest BCUT2D eigenvalue weighted by Crippen LogP contribution is 2.18. The van der Waals surface area contributed by atoms with Crippen LogP contribution in [-0.4, -0.2) is 51.3 Å². The lowest BCUT2D eigenvalue weighted by Crippen LogP contribution is -2.34. The Bertz CT molecular complexity index is 198. The van der Waals surface area contributed by atoms with E-state index in [0.29, 0.717) is 0 Å². The fraction of sp³-hybridized carbons (Fsp3) is 1.00. The fourth-order valence-corrected chi connectivity index (χ4v) is 3.06. The molecule has 0 aliphatic carbocycles. The molecule has 100 valence electrons. The Morgan fingerprint density at radius 1 is 1.18 bits per heavy atom. The number of rotatable bonds is 5. The quantitative estimate of drug-likeness (QED) is 0.792. The lowest BCUT2D eigenvalue weighted by Gasteiger charge is -2.29. The molecule has 2 fully saturated rings. The van der Waals surface area contributed by atoms with Crippen molar-refractivity contribution in [1.29, 1.82) is 0 Å². The molecule has 3 nitrogen and oxygen atoms in total. The summed E-state index contributed by atoms with van der Waals surface area (Å²) in [4.78, 5) is 2.52. The van der Waals surface area contributed by atoms with Crippen molar-refractivity contribution < 1.29 is 4.74 Å². The molecule has 1 atom stereocenters. The molecule has 0 bridgehead atoms. The van der Waals surface area contributed by atoms with Crippen molar-refractivity contribution >= 4 is 0 Å². The van der Waals surface area contributed by atoms with Crippen LogP contribution >= 0.6 is 0 Å². The van der Waals surface area contributed by atoms with Gasteiger partial charge in [0.25, 0.3) is 0 Å². The maximum atomic E-state index is 5.54. The summed E-state index contributed by atoms with van der Waals surface area (Å²) in [6, 6.07) is 0. The standard InChI is InChI=1S/C14H28N2O/c1-16(11-14-3-2-10-17-12-14)9-6-13-4-7-15-8-5-13/h13-15H,2-12H2,1H3. The van der Waals surface area contributed by atoms with Crippen molar-refractivity contribution in [2.45, 2.75) is 32.1 Å². The van der Waals surface area contributed by atoms with Crippen molar-refractivity contribution in [3.05, 3.63) is 0 Å². The summed E-state index contributed by atoms with van der Waals surface area (Å²) in [6.07, 6.45) is 6.75. The molecular formula is C14H28N2O. The van der Waals surface area contributed by atoms with Crippen LogP contribution in [0.3, 0.4) is 0 Å². The summed E-state index contributed by atoms with van der Waals surface area (Å²) in [5.74, 6) is 1.74. The van der Waals surface area contributed by atoms with Crippen molar-refractivity contribution in [1.82, 2.24) is 10.2 Å². The van der Waals surface area contributed by atoms with Crippen molar-refractivity contribution in [2.24, 2.45) is 11.8 Å². The topological polar surface area (TPSA) is 24.5 Å². The van der Waals surface area contributed by atoms with Gasteiger partial charge >= 0.3 is 0 Å². The number of piperidine rings is 1. The summed E-state index contributed by atoms with van der Waals surface area (Å²) in [6.45, 7) is 6.91. The molecule has 2 rings (SSSR count). The van der Waals surface area contributed by atoms with Crippen LogP contribution in [0.25, 0.3) is 0 Å². The molecule has 1 N–H and O–H groups in total. The second-order valence-corrected chi connectivity index (χ2v) is 5.83. The smallest absolute Gasteiger partial charge is 0.0506 e. The molecule has 0 aromatic rings. The predicted molar refractivity (Wildman–Crippen MR) is 71.3 cm³/mol. The fourth-order valence-electron chi connectivity index (χ4n) is 3.06. The highest BCUT2D eigenvalue weighted by Gasteiger charge is 2.17. The van der Waals surface area contributed by atoms with Crippen LogP contribution in [0.2, 0.25) is 0 Å². The van der Waals surface area contributed by atoms with Gasteiger partial charge in [-0.05, 0) is 70.6 Å². The van der Waals surface area contributed by atoms with Crippen molar-refractivity contribution in [3.8, 4) is 0 Å². The van der Waals surface area contributed by atoms with E-state index in [-0.39, 0.29) is 0 Å². The zero-order valence-electron chi connectivity index (χ0n) is 11.3. The second kappa shape index (κ2) is 7.34. The normalized spacial score (nSPS) is 27.5. The zero-order chi connectivity index (χ0) is 11.9. The van der Waals surface area contributed by atoms with Crippen LogP contribution in [0.5, 0.6) is 0 Å². The zero-order valence-corrected chi connectivity index (χ0v) is 11.3. The van der Waals surface area contributed by atoms with E-state index in [1.165, 1.54) is 58.3 Å². The first-order valence-electron chi connectivity index (χ1n) is 7.31. The summed E-state index contributed by atoms with van der Waals surface area (Å²) in [5.41, 5.74) is 0. The van der Waals surface area contributed by atoms with Crippen LogP contribution in [0, 0.1) is 11.8 Å². The molecule has 2 saturated heterocycles. The van der Waals surface area contributed by atoms with E-state index in [9.17, 15) is 0 Å². The van der Waals surface area contributed by atoms with Crippen molar-refractivity contribution in [3.63, 3.8) is 0 Å². The van der Waals surface area contributed by atoms with Crippen LogP contribution in [0.15, 0.2) is 0 Å². The maximum Gasteiger partial charge on any atom is 0.0506 e. The molecule has 0 radical (unpaired) electrons. The molecule has 0 saturated carbocycles. The van der Waals surface area contributed by atoms with Crippen LogP contribution in [-0.2, 0) is 4.74 Å². The first kappa shape index (κ1) is 13.3. The van der Waals surface area contributed by atoms with Crippen LogP contribution in [0.4, 0.5) is 0 Å². The maximum absolute atomic E-state index is 5.54. The van der Waals surface area contributed by atoms with E-state index in [4.69, 9.17) is 4.74 Å². The summed E-state index contributed by atoms with van der Waals surface area (Å²) in [5, 5.41) is 3.44. The van der Waals surface area contributed by atoms with Gasteiger partial charge in [-0.1, -0.05) is 0 Å². The number of nitrogens with one attached hydrogen (secondary N) is 1. The third kappa shape index (κ3) is 4.94. The SMILES string of the molecule is CN(CCC1CCNCC1)CC1CCCOC1. The van der Waals surface area contributed by atoms with Crippen LogP contribution < -0.4 is 5.32 Å². The van der Waals surface area contributed by atoms with E-state index < -0.39 is 0 Å². The highest BCUT2D eigenvalue weighted by molar-refractivity contribution is 4.71. The summed E-state index contributed by atoms with van der Waals surface area (Å²) >= 11 is 0. The largest absolute Gasteiger partial charge is 0.381 e. The predicted octanol–water partition coefficient (Wildman–Crippen LogP) is 1.73. The van der Waals surface area contributed by atoms with E-state index in [1.54, 1.807) is 0 Å². The molecular weight excluding hydrogens is 212 g/mol. The van der Waals surface area contributed by atoms with Gasteiger partial charge in [-0.2, -0.15) is 0 Å². The Morgan fingerprint density at radius 2 is 2.00 bits per heavy atom. The van der Waals surface area contributed by atoms with E-state index in [0.717, 1.165) is 25.0 Å². The lowest BCUT2D eigenvalue weighted by molar-refractivity contribution is 0.0413. The average molecular weight is 240 g/mol. The van der Waals surface area contributed by atoms with E-state index >= 15 is 0 Å². The van der Waals surface area contributed by atoms with Gasteiger partial charge in [-0.3, -0.25) is 0 Å². The molecule has 0 aromatic heterocycles. The van der Waals surface area contributed by atoms with Gasteiger partial charge in [0.05, 0.1) is 6.61 Å². The molecule has 2 aliphatic heterocycles. The van der Waals surface area contributed by atoms with E-state index in [2.05, 4.69) is 17.3 Å². The van der Waals surface area contributed by atoms with Gasteiger partial charge in [-0.25, -0.2) is 0 Å². The van der Waals surface area contributed by atoms with E-state index in [1.807, 2.05) is 0 Å². The Hall–Kier alpha value is -0.120. The van der Waals surface area contributed by atoms with Gasteiger partial charge in [0.15, 0.2) is 0 Å². The lowest BCUT2D eigenvalue weighted by atomic mass is 9.94. The highest BCUT2D eigenvalue weighted by atomic mass is 16.5. The molecule has 0 spiro atoms. The van der Waals surface area contributed by atoms with Gasteiger partial charge < -0.3 is 15.0 Å². The molecule has 2 aliphatic rings. The monoisotopic (exact) mass is 240 g/mol. The minimum atomic E-state index is 0.779. The Labute approximate surface area is 106 Å². The molecule has 3 heteroatoms. The number of hydrogen-bond acceptors (Lipinski definition) is 3. The summed E-state index contributed by atoms with van der Waals surface area (Å²) in [7, 11) is 2.27. The third-order valence-corrected chi connectivity index (χ3v) is 4.20. The first-order chi connectivity index (χ1) is 8.34.